The first-order valence-electron chi connectivity index (χ1n) is 4.24. The Bertz CT molecular complexity index is 215. The fraction of sp³-hybridized carbons (Fsp3) is 0.400. The molecule has 1 unspecified atom stereocenters. The van der Waals surface area contributed by atoms with Crippen molar-refractivity contribution < 1.29 is 5.11 Å². The van der Waals surface area contributed by atoms with Crippen LogP contribution in [0, 0.1) is 0 Å². The Balaban J connectivity index is 0.00000144. The molecule has 3 heteroatoms. The van der Waals surface area contributed by atoms with E-state index in [0.717, 1.165) is 0 Å². The molecule has 0 aromatic heterocycles. The first kappa shape index (κ1) is 12.4. The fourth-order valence-electron chi connectivity index (χ4n) is 1.14. The van der Waals surface area contributed by atoms with E-state index in [9.17, 15) is 0 Å². The number of hydrogen-bond acceptors (Lipinski definition) is 2. The minimum Gasteiger partial charge on any atom is -0.395 e. The average Bonchev–Trinajstić information content (AvgIpc) is 2.15. The van der Waals surface area contributed by atoms with E-state index in [0.29, 0.717) is 12.6 Å². The highest BCUT2D eigenvalue weighted by Crippen LogP contribution is 2.09. The number of aliphatic hydroxyl groups is 1. The lowest BCUT2D eigenvalue weighted by atomic mass is 10.1. The summed E-state index contributed by atoms with van der Waals surface area (Å²) in [5.74, 6) is 0. The summed E-state index contributed by atoms with van der Waals surface area (Å²) in [7, 11) is 0. The summed E-state index contributed by atoms with van der Waals surface area (Å²) in [6, 6.07) is 10.5. The second-order valence-corrected chi connectivity index (χ2v) is 2.81. The smallest absolute Gasteiger partial charge is 0.0556 e. The van der Waals surface area contributed by atoms with Gasteiger partial charge in [0.2, 0.25) is 0 Å². The maximum absolute atomic E-state index is 8.60. The lowest BCUT2D eigenvalue weighted by molar-refractivity contribution is 0.286. The summed E-state index contributed by atoms with van der Waals surface area (Å²) < 4.78 is 0. The van der Waals surface area contributed by atoms with Crippen LogP contribution in [0.4, 0.5) is 0 Å². The Morgan fingerprint density at radius 1 is 1.31 bits per heavy atom. The van der Waals surface area contributed by atoms with Crippen molar-refractivity contribution in [3.8, 4) is 0 Å². The third kappa shape index (κ3) is 4.27. The lowest BCUT2D eigenvalue weighted by Gasteiger charge is -2.12. The van der Waals surface area contributed by atoms with Gasteiger partial charge in [0, 0.05) is 12.6 Å². The van der Waals surface area contributed by atoms with Crippen LogP contribution in [0.25, 0.3) is 0 Å². The van der Waals surface area contributed by atoms with Gasteiger partial charge >= 0.3 is 0 Å². The SMILES string of the molecule is CC(NCCO)c1ccccc1.Cl. The molecule has 0 amide bonds. The van der Waals surface area contributed by atoms with Crippen molar-refractivity contribution in [2.45, 2.75) is 13.0 Å². The molecule has 0 heterocycles. The van der Waals surface area contributed by atoms with Gasteiger partial charge in [-0.25, -0.2) is 0 Å². The topological polar surface area (TPSA) is 32.3 Å². The molecule has 1 atom stereocenters. The third-order valence-corrected chi connectivity index (χ3v) is 1.86. The number of nitrogens with one attached hydrogen (secondary N) is 1. The molecule has 0 saturated carbocycles. The quantitative estimate of drug-likeness (QED) is 0.778. The fourth-order valence-corrected chi connectivity index (χ4v) is 1.14. The molecular formula is C10H16ClNO. The number of rotatable bonds is 4. The van der Waals surface area contributed by atoms with Gasteiger partial charge in [-0.15, -0.1) is 12.4 Å². The molecule has 1 aromatic carbocycles. The van der Waals surface area contributed by atoms with Gasteiger partial charge in [0.05, 0.1) is 6.61 Å². The molecule has 0 aliphatic carbocycles. The molecule has 2 nitrogen and oxygen atoms in total. The number of hydrogen-bond donors (Lipinski definition) is 2. The Hall–Kier alpha value is -0.570. The summed E-state index contributed by atoms with van der Waals surface area (Å²) in [6.45, 7) is 2.93. The highest BCUT2D eigenvalue weighted by Gasteiger charge is 2.01. The zero-order valence-electron chi connectivity index (χ0n) is 7.73. The number of benzene rings is 1. The van der Waals surface area contributed by atoms with E-state index in [1.807, 2.05) is 18.2 Å². The van der Waals surface area contributed by atoms with Crippen molar-refractivity contribution in [3.63, 3.8) is 0 Å². The van der Waals surface area contributed by atoms with Gasteiger partial charge in [-0.2, -0.15) is 0 Å². The Morgan fingerprint density at radius 3 is 2.46 bits per heavy atom. The van der Waals surface area contributed by atoms with Gasteiger partial charge in [0.15, 0.2) is 0 Å². The van der Waals surface area contributed by atoms with Crippen molar-refractivity contribution in [2.75, 3.05) is 13.2 Å². The Kier molecular flexibility index (Phi) is 6.59. The third-order valence-electron chi connectivity index (χ3n) is 1.86. The van der Waals surface area contributed by atoms with Crippen LogP contribution in [0.3, 0.4) is 0 Å². The average molecular weight is 202 g/mol. The monoisotopic (exact) mass is 201 g/mol. The van der Waals surface area contributed by atoms with Crippen molar-refractivity contribution >= 4 is 12.4 Å². The van der Waals surface area contributed by atoms with Crippen LogP contribution in [0.15, 0.2) is 30.3 Å². The highest BCUT2D eigenvalue weighted by molar-refractivity contribution is 5.85. The molecule has 0 fully saturated rings. The summed E-state index contributed by atoms with van der Waals surface area (Å²) in [5, 5.41) is 11.8. The van der Waals surface area contributed by atoms with Crippen LogP contribution in [0.2, 0.25) is 0 Å². The zero-order valence-corrected chi connectivity index (χ0v) is 8.55. The van der Waals surface area contributed by atoms with E-state index >= 15 is 0 Å². The molecule has 74 valence electrons. The van der Waals surface area contributed by atoms with Crippen molar-refractivity contribution in [1.29, 1.82) is 0 Å². The molecule has 0 saturated heterocycles. The minimum absolute atomic E-state index is 0. The molecule has 2 N–H and O–H groups in total. The molecule has 0 radical (unpaired) electrons. The zero-order chi connectivity index (χ0) is 8.81. The lowest BCUT2D eigenvalue weighted by Crippen LogP contribution is -2.21. The predicted octanol–water partition coefficient (Wildman–Crippen LogP) is 1.75. The Morgan fingerprint density at radius 2 is 1.92 bits per heavy atom. The maximum atomic E-state index is 8.60. The van der Waals surface area contributed by atoms with Crippen LogP contribution in [-0.2, 0) is 0 Å². The highest BCUT2D eigenvalue weighted by atomic mass is 35.5. The normalized spacial score (nSPS) is 11.8. The van der Waals surface area contributed by atoms with Gasteiger partial charge in [0.25, 0.3) is 0 Å². The molecular weight excluding hydrogens is 186 g/mol. The van der Waals surface area contributed by atoms with Crippen LogP contribution >= 0.6 is 12.4 Å². The van der Waals surface area contributed by atoms with Gasteiger partial charge in [-0.3, -0.25) is 0 Å². The first-order valence-corrected chi connectivity index (χ1v) is 4.24. The van der Waals surface area contributed by atoms with Crippen LogP contribution in [0.5, 0.6) is 0 Å². The largest absolute Gasteiger partial charge is 0.395 e. The second-order valence-electron chi connectivity index (χ2n) is 2.81. The molecule has 13 heavy (non-hydrogen) atoms. The summed E-state index contributed by atoms with van der Waals surface area (Å²) >= 11 is 0. The van der Waals surface area contributed by atoms with Crippen molar-refractivity contribution in [2.24, 2.45) is 0 Å². The van der Waals surface area contributed by atoms with Gasteiger partial charge < -0.3 is 10.4 Å². The van der Waals surface area contributed by atoms with E-state index in [1.54, 1.807) is 0 Å². The number of halogens is 1. The van der Waals surface area contributed by atoms with E-state index in [4.69, 9.17) is 5.11 Å². The van der Waals surface area contributed by atoms with E-state index < -0.39 is 0 Å². The molecule has 1 aromatic rings. The molecule has 0 aliphatic rings. The Labute approximate surface area is 85.4 Å². The molecule has 0 bridgehead atoms. The molecule has 0 aliphatic heterocycles. The van der Waals surface area contributed by atoms with Crippen LogP contribution < -0.4 is 5.32 Å². The molecule has 0 spiro atoms. The van der Waals surface area contributed by atoms with Gasteiger partial charge in [0.1, 0.15) is 0 Å². The van der Waals surface area contributed by atoms with E-state index in [-0.39, 0.29) is 19.0 Å². The van der Waals surface area contributed by atoms with Crippen LogP contribution in [0.1, 0.15) is 18.5 Å². The van der Waals surface area contributed by atoms with E-state index in [2.05, 4.69) is 24.4 Å². The molecule has 1 rings (SSSR count). The standard InChI is InChI=1S/C10H15NO.ClH/c1-9(11-7-8-12)10-5-3-2-4-6-10;/h2-6,9,11-12H,7-8H2,1H3;1H. The van der Waals surface area contributed by atoms with Crippen LogP contribution in [-0.4, -0.2) is 18.3 Å². The maximum Gasteiger partial charge on any atom is 0.0556 e. The van der Waals surface area contributed by atoms with Gasteiger partial charge in [-0.1, -0.05) is 30.3 Å². The summed E-state index contributed by atoms with van der Waals surface area (Å²) in [6.07, 6.45) is 0. The van der Waals surface area contributed by atoms with Crippen molar-refractivity contribution in [1.82, 2.24) is 5.32 Å². The predicted molar refractivity (Wildman–Crippen MR) is 57.2 cm³/mol. The summed E-state index contributed by atoms with van der Waals surface area (Å²) in [4.78, 5) is 0. The van der Waals surface area contributed by atoms with E-state index in [1.165, 1.54) is 5.56 Å². The second kappa shape index (κ2) is 6.89. The number of aliphatic hydroxyl groups excluding tert-OH is 1. The van der Waals surface area contributed by atoms with Crippen molar-refractivity contribution in [3.05, 3.63) is 35.9 Å². The first-order chi connectivity index (χ1) is 5.84. The van der Waals surface area contributed by atoms with Gasteiger partial charge in [-0.05, 0) is 12.5 Å². The summed E-state index contributed by atoms with van der Waals surface area (Å²) in [5.41, 5.74) is 1.26. The minimum atomic E-state index is 0.